The maximum atomic E-state index is 6.11. The fourth-order valence-corrected chi connectivity index (χ4v) is 1.79. The van der Waals surface area contributed by atoms with Crippen molar-refractivity contribution < 1.29 is 4.74 Å². The van der Waals surface area contributed by atoms with Crippen molar-refractivity contribution in [3.8, 4) is 0 Å². The van der Waals surface area contributed by atoms with E-state index in [1.807, 2.05) is 60.7 Å². The molecule has 17 heavy (non-hydrogen) atoms. The van der Waals surface area contributed by atoms with Gasteiger partial charge in [-0.25, -0.2) is 0 Å². The van der Waals surface area contributed by atoms with Crippen molar-refractivity contribution in [3.63, 3.8) is 0 Å². The predicted molar refractivity (Wildman–Crippen MR) is 72.8 cm³/mol. The third kappa shape index (κ3) is 2.89. The fourth-order valence-electron chi connectivity index (χ4n) is 1.60. The van der Waals surface area contributed by atoms with Crippen molar-refractivity contribution in [3.05, 3.63) is 70.7 Å². The molecule has 0 heterocycles. The maximum absolute atomic E-state index is 6.11. The van der Waals surface area contributed by atoms with E-state index in [4.69, 9.17) is 16.3 Å². The molecule has 0 unspecified atom stereocenters. The van der Waals surface area contributed by atoms with E-state index in [9.17, 15) is 0 Å². The second-order valence-corrected chi connectivity index (χ2v) is 4.01. The predicted octanol–water partition coefficient (Wildman–Crippen LogP) is 4.48. The molecular formula is C15H13ClO. The molecule has 0 bridgehead atoms. The first-order chi connectivity index (χ1) is 8.31. The van der Waals surface area contributed by atoms with Gasteiger partial charge in [0.05, 0.1) is 7.11 Å². The lowest BCUT2D eigenvalue weighted by Gasteiger charge is -2.07. The van der Waals surface area contributed by atoms with E-state index in [0.717, 1.165) is 21.9 Å². The monoisotopic (exact) mass is 244 g/mol. The second-order valence-electron chi connectivity index (χ2n) is 3.60. The Labute approximate surface area is 106 Å². The molecular weight excluding hydrogens is 232 g/mol. The molecule has 2 heteroatoms. The molecule has 0 aromatic heterocycles. The minimum Gasteiger partial charge on any atom is -0.496 e. The molecule has 2 rings (SSSR count). The lowest BCUT2D eigenvalue weighted by atomic mass is 10.1. The third-order valence-electron chi connectivity index (χ3n) is 2.47. The molecule has 0 saturated heterocycles. The Kier molecular flexibility index (Phi) is 3.84. The first-order valence-electron chi connectivity index (χ1n) is 5.37. The number of rotatable bonds is 3. The topological polar surface area (TPSA) is 9.23 Å². The summed E-state index contributed by atoms with van der Waals surface area (Å²) in [6, 6.07) is 17.6. The van der Waals surface area contributed by atoms with Crippen LogP contribution in [0.4, 0.5) is 0 Å². The summed E-state index contributed by atoms with van der Waals surface area (Å²) in [6.45, 7) is 0. The minimum atomic E-state index is 0.720. The molecule has 0 amide bonds. The summed E-state index contributed by atoms with van der Waals surface area (Å²) in [4.78, 5) is 0. The summed E-state index contributed by atoms with van der Waals surface area (Å²) in [7, 11) is 1.66. The molecule has 86 valence electrons. The average Bonchev–Trinajstić information content (AvgIpc) is 2.39. The fraction of sp³-hybridized carbons (Fsp3) is 0.0667. The molecule has 0 aliphatic carbocycles. The lowest BCUT2D eigenvalue weighted by molar-refractivity contribution is 0.372. The van der Waals surface area contributed by atoms with Crippen LogP contribution < -0.4 is 0 Å². The Morgan fingerprint density at radius 3 is 2.29 bits per heavy atom. The van der Waals surface area contributed by atoms with Crippen molar-refractivity contribution in [1.29, 1.82) is 0 Å². The van der Waals surface area contributed by atoms with Crippen molar-refractivity contribution >= 4 is 23.4 Å². The van der Waals surface area contributed by atoms with Crippen LogP contribution in [0.1, 0.15) is 11.1 Å². The van der Waals surface area contributed by atoms with E-state index in [2.05, 4.69) is 0 Å². The largest absolute Gasteiger partial charge is 0.496 e. The van der Waals surface area contributed by atoms with Gasteiger partial charge in [-0.1, -0.05) is 60.1 Å². The van der Waals surface area contributed by atoms with Gasteiger partial charge in [0.2, 0.25) is 0 Å². The van der Waals surface area contributed by atoms with E-state index < -0.39 is 0 Å². The summed E-state index contributed by atoms with van der Waals surface area (Å²) >= 11 is 6.11. The van der Waals surface area contributed by atoms with Gasteiger partial charge >= 0.3 is 0 Å². The molecule has 0 atom stereocenters. The Bertz CT molecular complexity index is 517. The van der Waals surface area contributed by atoms with Gasteiger partial charge in [-0.15, -0.1) is 0 Å². The van der Waals surface area contributed by atoms with Crippen LogP contribution in [0.2, 0.25) is 5.02 Å². The highest BCUT2D eigenvalue weighted by molar-refractivity contribution is 6.32. The van der Waals surface area contributed by atoms with Gasteiger partial charge in [0, 0.05) is 10.6 Å². The van der Waals surface area contributed by atoms with Crippen LogP contribution in [0, 0.1) is 0 Å². The van der Waals surface area contributed by atoms with Crippen LogP contribution >= 0.6 is 11.6 Å². The van der Waals surface area contributed by atoms with Gasteiger partial charge < -0.3 is 4.74 Å². The maximum Gasteiger partial charge on any atom is 0.126 e. The first kappa shape index (κ1) is 11.7. The van der Waals surface area contributed by atoms with Crippen molar-refractivity contribution in [2.75, 3.05) is 7.11 Å². The highest BCUT2D eigenvalue weighted by Gasteiger charge is 2.02. The number of halogens is 1. The van der Waals surface area contributed by atoms with Crippen LogP contribution in [0.15, 0.2) is 54.6 Å². The molecule has 0 fully saturated rings. The summed E-state index contributed by atoms with van der Waals surface area (Å²) in [6.07, 6.45) is 1.94. The molecule has 0 saturated carbocycles. The standard InChI is InChI=1S/C15H13ClO/c1-17-15(12-7-3-2-4-8-12)11-13-9-5-6-10-14(13)16/h2-11H,1H3/b15-11+. The van der Waals surface area contributed by atoms with Crippen LogP contribution in [-0.2, 0) is 4.74 Å². The normalized spacial score (nSPS) is 11.3. The molecule has 0 aliphatic rings. The Hall–Kier alpha value is -1.73. The van der Waals surface area contributed by atoms with E-state index in [1.54, 1.807) is 7.11 Å². The van der Waals surface area contributed by atoms with Gasteiger partial charge in [0.25, 0.3) is 0 Å². The van der Waals surface area contributed by atoms with Crippen LogP contribution in [0.3, 0.4) is 0 Å². The summed E-state index contributed by atoms with van der Waals surface area (Å²) in [5, 5.41) is 0.720. The van der Waals surface area contributed by atoms with Gasteiger partial charge in [0.1, 0.15) is 5.76 Å². The zero-order valence-electron chi connectivity index (χ0n) is 9.56. The number of ether oxygens (including phenoxy) is 1. The second kappa shape index (κ2) is 5.55. The van der Waals surface area contributed by atoms with E-state index in [0.29, 0.717) is 0 Å². The highest BCUT2D eigenvalue weighted by atomic mass is 35.5. The van der Waals surface area contributed by atoms with Crippen LogP contribution in [0.25, 0.3) is 11.8 Å². The smallest absolute Gasteiger partial charge is 0.126 e. The first-order valence-corrected chi connectivity index (χ1v) is 5.74. The van der Waals surface area contributed by atoms with Crippen LogP contribution in [0.5, 0.6) is 0 Å². The summed E-state index contributed by atoms with van der Waals surface area (Å²) < 4.78 is 5.40. The minimum absolute atomic E-state index is 0.720. The summed E-state index contributed by atoms with van der Waals surface area (Å²) in [5.41, 5.74) is 1.99. The molecule has 2 aromatic carbocycles. The lowest BCUT2D eigenvalue weighted by Crippen LogP contribution is -1.87. The Balaban J connectivity index is 2.40. The molecule has 0 radical (unpaired) electrons. The summed E-state index contributed by atoms with van der Waals surface area (Å²) in [5.74, 6) is 0.804. The van der Waals surface area contributed by atoms with Gasteiger partial charge in [0.15, 0.2) is 0 Å². The van der Waals surface area contributed by atoms with Gasteiger partial charge in [-0.2, -0.15) is 0 Å². The number of benzene rings is 2. The quantitative estimate of drug-likeness (QED) is 0.571. The zero-order valence-corrected chi connectivity index (χ0v) is 10.3. The van der Waals surface area contributed by atoms with Crippen molar-refractivity contribution in [2.24, 2.45) is 0 Å². The Morgan fingerprint density at radius 2 is 1.65 bits per heavy atom. The molecule has 0 aliphatic heterocycles. The number of methoxy groups -OCH3 is 1. The molecule has 2 aromatic rings. The van der Waals surface area contributed by atoms with Gasteiger partial charge in [-0.05, 0) is 17.7 Å². The van der Waals surface area contributed by atoms with Crippen molar-refractivity contribution in [2.45, 2.75) is 0 Å². The number of hydrogen-bond donors (Lipinski definition) is 0. The molecule has 0 N–H and O–H groups in total. The SMILES string of the molecule is CO/C(=C/c1ccccc1Cl)c1ccccc1. The van der Waals surface area contributed by atoms with Crippen LogP contribution in [-0.4, -0.2) is 7.11 Å². The Morgan fingerprint density at radius 1 is 1.00 bits per heavy atom. The molecule has 0 spiro atoms. The number of hydrogen-bond acceptors (Lipinski definition) is 1. The zero-order chi connectivity index (χ0) is 12.1. The highest BCUT2D eigenvalue weighted by Crippen LogP contribution is 2.23. The van der Waals surface area contributed by atoms with E-state index >= 15 is 0 Å². The van der Waals surface area contributed by atoms with Crippen molar-refractivity contribution in [1.82, 2.24) is 0 Å². The molecule has 1 nitrogen and oxygen atoms in total. The third-order valence-corrected chi connectivity index (χ3v) is 2.81. The van der Waals surface area contributed by atoms with E-state index in [-0.39, 0.29) is 0 Å². The average molecular weight is 245 g/mol. The van der Waals surface area contributed by atoms with E-state index in [1.165, 1.54) is 0 Å². The van der Waals surface area contributed by atoms with Gasteiger partial charge in [-0.3, -0.25) is 0 Å².